The Kier molecular flexibility index (Phi) is 5.54. The lowest BCUT2D eigenvalue weighted by molar-refractivity contribution is 0.0701. The number of aryl methyl sites for hydroxylation is 1. The van der Waals surface area contributed by atoms with E-state index in [0.717, 1.165) is 16.9 Å². The third-order valence-electron chi connectivity index (χ3n) is 3.71. The van der Waals surface area contributed by atoms with Gasteiger partial charge in [-0.05, 0) is 42.3 Å². The van der Waals surface area contributed by atoms with Crippen LogP contribution in [0.2, 0.25) is 5.02 Å². The first-order valence-electron chi connectivity index (χ1n) is 7.88. The maximum atomic E-state index is 13.0. The van der Waals surface area contributed by atoms with Gasteiger partial charge in [0.2, 0.25) is 0 Å². The molecule has 0 bridgehead atoms. The van der Waals surface area contributed by atoms with Gasteiger partial charge in [0, 0.05) is 5.02 Å². The van der Waals surface area contributed by atoms with Gasteiger partial charge in [0.1, 0.15) is 28.1 Å². The third kappa shape index (κ3) is 4.03. The van der Waals surface area contributed by atoms with E-state index in [-0.39, 0.29) is 17.3 Å². The SMILES string of the molecule is CCc1nc(-c2cc(Cl)ccc2OCc2ccc(F)cc2)sc1C(=O)O. The molecule has 0 fully saturated rings. The fourth-order valence-electron chi connectivity index (χ4n) is 2.41. The highest BCUT2D eigenvalue weighted by Gasteiger charge is 2.19. The van der Waals surface area contributed by atoms with Gasteiger partial charge in [0.05, 0.1) is 11.3 Å². The van der Waals surface area contributed by atoms with E-state index in [1.54, 1.807) is 30.3 Å². The second-order valence-corrected chi connectivity index (χ2v) is 6.94. The van der Waals surface area contributed by atoms with Gasteiger partial charge < -0.3 is 9.84 Å². The van der Waals surface area contributed by atoms with Crippen LogP contribution in [0.3, 0.4) is 0 Å². The first-order valence-corrected chi connectivity index (χ1v) is 9.07. The number of halogens is 2. The highest BCUT2D eigenvalue weighted by molar-refractivity contribution is 7.17. The lowest BCUT2D eigenvalue weighted by Gasteiger charge is -2.10. The van der Waals surface area contributed by atoms with Crippen LogP contribution in [0.15, 0.2) is 42.5 Å². The fraction of sp³-hybridized carbons (Fsp3) is 0.158. The molecule has 3 aromatic rings. The van der Waals surface area contributed by atoms with Gasteiger partial charge >= 0.3 is 5.97 Å². The molecular formula is C19H15ClFNO3S. The number of carboxylic acids is 1. The molecule has 0 aliphatic rings. The van der Waals surface area contributed by atoms with Gasteiger partial charge in [0.15, 0.2) is 0 Å². The van der Waals surface area contributed by atoms with Gasteiger partial charge in [-0.25, -0.2) is 14.2 Å². The van der Waals surface area contributed by atoms with Crippen molar-refractivity contribution in [2.45, 2.75) is 20.0 Å². The van der Waals surface area contributed by atoms with Crippen molar-refractivity contribution < 1.29 is 19.0 Å². The van der Waals surface area contributed by atoms with E-state index in [0.29, 0.717) is 33.5 Å². The molecule has 0 spiro atoms. The molecule has 7 heteroatoms. The Morgan fingerprint density at radius 1 is 1.27 bits per heavy atom. The predicted octanol–water partition coefficient (Wildman–Crippen LogP) is 5.44. The molecule has 0 aliphatic carbocycles. The molecule has 2 aromatic carbocycles. The lowest BCUT2D eigenvalue weighted by Crippen LogP contribution is -1.97. The zero-order valence-electron chi connectivity index (χ0n) is 13.8. The number of aromatic nitrogens is 1. The topological polar surface area (TPSA) is 59.4 Å². The van der Waals surface area contributed by atoms with Crippen molar-refractivity contribution in [2.75, 3.05) is 0 Å². The van der Waals surface area contributed by atoms with Gasteiger partial charge in [-0.1, -0.05) is 30.7 Å². The predicted molar refractivity (Wildman–Crippen MR) is 99.6 cm³/mol. The number of rotatable bonds is 6. The summed E-state index contributed by atoms with van der Waals surface area (Å²) in [5.41, 5.74) is 1.97. The molecule has 0 amide bonds. The van der Waals surface area contributed by atoms with Crippen LogP contribution < -0.4 is 4.74 Å². The summed E-state index contributed by atoms with van der Waals surface area (Å²) in [6.07, 6.45) is 0.518. The molecule has 0 atom stereocenters. The summed E-state index contributed by atoms with van der Waals surface area (Å²) in [5.74, 6) is -0.773. The van der Waals surface area contributed by atoms with Crippen molar-refractivity contribution in [3.8, 4) is 16.3 Å². The number of thiazole rings is 1. The van der Waals surface area contributed by atoms with E-state index in [1.807, 2.05) is 6.92 Å². The molecule has 4 nitrogen and oxygen atoms in total. The summed E-state index contributed by atoms with van der Waals surface area (Å²) in [4.78, 5) is 16.1. The minimum atomic E-state index is -0.999. The average molecular weight is 392 g/mol. The van der Waals surface area contributed by atoms with E-state index in [9.17, 15) is 14.3 Å². The Balaban J connectivity index is 1.93. The highest BCUT2D eigenvalue weighted by atomic mass is 35.5. The molecule has 1 heterocycles. The smallest absolute Gasteiger partial charge is 0.347 e. The molecule has 0 saturated heterocycles. The summed E-state index contributed by atoms with van der Waals surface area (Å²) >= 11 is 7.20. The molecule has 0 radical (unpaired) electrons. The minimum absolute atomic E-state index is 0.215. The number of aromatic carboxylic acids is 1. The van der Waals surface area contributed by atoms with Crippen LogP contribution in [0, 0.1) is 5.82 Å². The fourth-order valence-corrected chi connectivity index (χ4v) is 3.60. The van der Waals surface area contributed by atoms with Crippen molar-refractivity contribution >= 4 is 28.9 Å². The van der Waals surface area contributed by atoms with Crippen LogP contribution in [-0.4, -0.2) is 16.1 Å². The van der Waals surface area contributed by atoms with Crippen molar-refractivity contribution in [1.82, 2.24) is 4.98 Å². The zero-order chi connectivity index (χ0) is 18.7. The van der Waals surface area contributed by atoms with Gasteiger partial charge in [-0.3, -0.25) is 0 Å². The van der Waals surface area contributed by atoms with E-state index in [4.69, 9.17) is 16.3 Å². The standard InChI is InChI=1S/C19H15ClFNO3S/c1-2-15-17(19(23)24)26-18(22-15)14-9-12(20)5-8-16(14)25-10-11-3-6-13(21)7-4-11/h3-9H,2,10H2,1H3,(H,23,24). The molecule has 1 aromatic heterocycles. The first kappa shape index (κ1) is 18.4. The number of carbonyl (C=O) groups is 1. The largest absolute Gasteiger partial charge is 0.488 e. The van der Waals surface area contributed by atoms with E-state index in [2.05, 4.69) is 4.98 Å². The number of ether oxygens (including phenoxy) is 1. The molecule has 0 aliphatic heterocycles. The highest BCUT2D eigenvalue weighted by Crippen LogP contribution is 2.37. The maximum absolute atomic E-state index is 13.0. The van der Waals surface area contributed by atoms with Crippen molar-refractivity contribution in [2.24, 2.45) is 0 Å². The van der Waals surface area contributed by atoms with Crippen LogP contribution in [0.5, 0.6) is 5.75 Å². The number of hydrogen-bond acceptors (Lipinski definition) is 4. The Bertz CT molecular complexity index is 940. The monoisotopic (exact) mass is 391 g/mol. The van der Waals surface area contributed by atoms with E-state index in [1.165, 1.54) is 12.1 Å². The average Bonchev–Trinajstić information content (AvgIpc) is 3.06. The summed E-state index contributed by atoms with van der Waals surface area (Å²) in [6, 6.07) is 11.1. The third-order valence-corrected chi connectivity index (χ3v) is 5.06. The summed E-state index contributed by atoms with van der Waals surface area (Å²) < 4.78 is 18.9. The molecule has 3 rings (SSSR count). The summed E-state index contributed by atoms with van der Waals surface area (Å²) in [7, 11) is 0. The molecule has 1 N–H and O–H groups in total. The number of benzene rings is 2. The van der Waals surface area contributed by atoms with Crippen LogP contribution >= 0.6 is 22.9 Å². The second-order valence-electron chi connectivity index (χ2n) is 5.51. The second kappa shape index (κ2) is 7.85. The maximum Gasteiger partial charge on any atom is 0.347 e. The van der Waals surface area contributed by atoms with Crippen LogP contribution in [0.25, 0.3) is 10.6 Å². The Morgan fingerprint density at radius 3 is 2.62 bits per heavy atom. The number of nitrogens with zero attached hydrogens (tertiary/aromatic N) is 1. The van der Waals surface area contributed by atoms with Crippen molar-refractivity contribution in [3.05, 3.63) is 69.4 Å². The van der Waals surface area contributed by atoms with Crippen LogP contribution in [-0.2, 0) is 13.0 Å². The van der Waals surface area contributed by atoms with Crippen LogP contribution in [0.1, 0.15) is 27.9 Å². The summed E-state index contributed by atoms with van der Waals surface area (Å²) in [5, 5.41) is 10.4. The van der Waals surface area contributed by atoms with Crippen molar-refractivity contribution in [3.63, 3.8) is 0 Å². The Morgan fingerprint density at radius 2 is 2.00 bits per heavy atom. The molecule has 134 valence electrons. The quantitative estimate of drug-likeness (QED) is 0.607. The number of hydrogen-bond donors (Lipinski definition) is 1. The number of carboxylic acid groups (broad SMARTS) is 1. The molecule has 0 saturated carbocycles. The van der Waals surface area contributed by atoms with Gasteiger partial charge in [0.25, 0.3) is 0 Å². The molecular weight excluding hydrogens is 377 g/mol. The normalized spacial score (nSPS) is 10.7. The van der Waals surface area contributed by atoms with Gasteiger partial charge in [-0.2, -0.15) is 0 Å². The molecule has 0 unspecified atom stereocenters. The minimum Gasteiger partial charge on any atom is -0.488 e. The molecule has 26 heavy (non-hydrogen) atoms. The van der Waals surface area contributed by atoms with Crippen molar-refractivity contribution in [1.29, 1.82) is 0 Å². The lowest BCUT2D eigenvalue weighted by atomic mass is 10.2. The van der Waals surface area contributed by atoms with Gasteiger partial charge in [-0.15, -0.1) is 11.3 Å². The first-order chi connectivity index (χ1) is 12.5. The zero-order valence-corrected chi connectivity index (χ0v) is 15.4. The summed E-state index contributed by atoms with van der Waals surface area (Å²) in [6.45, 7) is 2.10. The van der Waals surface area contributed by atoms with E-state index >= 15 is 0 Å². The Labute approximate surface area is 158 Å². The Hall–Kier alpha value is -2.44. The van der Waals surface area contributed by atoms with E-state index < -0.39 is 5.97 Å². The van der Waals surface area contributed by atoms with Crippen LogP contribution in [0.4, 0.5) is 4.39 Å².